The van der Waals surface area contributed by atoms with Crippen molar-refractivity contribution in [2.24, 2.45) is 0 Å². The van der Waals surface area contributed by atoms with Gasteiger partial charge in [0, 0.05) is 19.5 Å². The molecule has 0 saturated carbocycles. The van der Waals surface area contributed by atoms with Crippen LogP contribution < -0.4 is 10.6 Å². The third kappa shape index (κ3) is 5.45. The lowest BCUT2D eigenvalue weighted by molar-refractivity contribution is -0.141. The second-order valence-electron chi connectivity index (χ2n) is 7.96. The molecule has 2 aromatic rings. The van der Waals surface area contributed by atoms with Gasteiger partial charge in [0.25, 0.3) is 5.91 Å². The van der Waals surface area contributed by atoms with Gasteiger partial charge in [-0.3, -0.25) is 9.59 Å². The van der Waals surface area contributed by atoms with E-state index in [1.54, 1.807) is 4.90 Å². The molecule has 2 aliphatic heterocycles. The molecule has 0 spiro atoms. The number of rotatable bonds is 7. The van der Waals surface area contributed by atoms with Gasteiger partial charge in [0.15, 0.2) is 0 Å². The van der Waals surface area contributed by atoms with Crippen molar-refractivity contribution in [2.45, 2.75) is 31.0 Å². The van der Waals surface area contributed by atoms with Crippen molar-refractivity contribution in [2.75, 3.05) is 26.3 Å². The van der Waals surface area contributed by atoms with Crippen LogP contribution in [0.15, 0.2) is 60.7 Å². The Hall–Kier alpha value is -3.39. The summed E-state index contributed by atoms with van der Waals surface area (Å²) in [5.41, 5.74) is 1.91. The molecule has 0 bridgehead atoms. The van der Waals surface area contributed by atoms with Crippen molar-refractivity contribution in [1.82, 2.24) is 15.5 Å². The molecular weight excluding hydrogens is 410 g/mol. The van der Waals surface area contributed by atoms with Crippen LogP contribution >= 0.6 is 0 Å². The minimum absolute atomic E-state index is 0.164. The molecule has 0 aromatic heterocycles. The monoisotopic (exact) mass is 437 g/mol. The number of morpholine rings is 1. The number of alkyl carbamates (subject to hydrolysis) is 1. The summed E-state index contributed by atoms with van der Waals surface area (Å²) >= 11 is 0. The summed E-state index contributed by atoms with van der Waals surface area (Å²) < 4.78 is 10.6. The summed E-state index contributed by atoms with van der Waals surface area (Å²) in [7, 11) is 0. The average Bonchev–Trinajstić information content (AvgIpc) is 3.20. The first-order chi connectivity index (χ1) is 15.6. The van der Waals surface area contributed by atoms with E-state index in [0.29, 0.717) is 39.1 Å². The van der Waals surface area contributed by atoms with Gasteiger partial charge in [-0.25, -0.2) is 4.79 Å². The maximum absolute atomic E-state index is 13.2. The van der Waals surface area contributed by atoms with Gasteiger partial charge >= 0.3 is 6.09 Å². The van der Waals surface area contributed by atoms with Crippen LogP contribution in [0.1, 0.15) is 11.1 Å². The van der Waals surface area contributed by atoms with Gasteiger partial charge in [-0.15, -0.1) is 0 Å². The molecule has 2 heterocycles. The van der Waals surface area contributed by atoms with Gasteiger partial charge < -0.3 is 25.0 Å². The minimum atomic E-state index is -1.02. The van der Waals surface area contributed by atoms with E-state index in [-0.39, 0.29) is 5.91 Å². The summed E-state index contributed by atoms with van der Waals surface area (Å²) in [4.78, 5) is 40.0. The molecule has 2 aliphatic rings. The van der Waals surface area contributed by atoms with E-state index in [9.17, 15) is 14.4 Å². The zero-order valence-electron chi connectivity index (χ0n) is 17.7. The lowest BCUT2D eigenvalue weighted by atomic mass is 10.00. The van der Waals surface area contributed by atoms with Crippen molar-refractivity contribution >= 4 is 17.9 Å². The number of carbonyl (C=O) groups excluding carboxylic acids is 3. The molecule has 0 aliphatic carbocycles. The van der Waals surface area contributed by atoms with Gasteiger partial charge in [0.2, 0.25) is 12.0 Å². The molecule has 2 N–H and O–H groups in total. The largest absolute Gasteiger partial charge is 0.434 e. The first-order valence-electron chi connectivity index (χ1n) is 10.8. The van der Waals surface area contributed by atoms with Crippen molar-refractivity contribution in [3.05, 3.63) is 71.8 Å². The molecule has 2 saturated heterocycles. The molecule has 1 unspecified atom stereocenters. The maximum atomic E-state index is 13.2. The zero-order chi connectivity index (χ0) is 22.3. The fraction of sp³-hybridized carbons (Fsp3) is 0.375. The number of cyclic esters (lactones) is 1. The van der Waals surface area contributed by atoms with Crippen molar-refractivity contribution in [3.63, 3.8) is 0 Å². The number of benzene rings is 2. The quantitative estimate of drug-likeness (QED) is 0.681. The minimum Gasteiger partial charge on any atom is -0.434 e. The van der Waals surface area contributed by atoms with Gasteiger partial charge in [0.05, 0.1) is 19.3 Å². The highest BCUT2D eigenvalue weighted by Crippen LogP contribution is 2.16. The molecular formula is C24H27N3O5. The van der Waals surface area contributed by atoms with E-state index in [1.807, 2.05) is 60.7 Å². The second-order valence-corrected chi connectivity index (χ2v) is 7.96. The van der Waals surface area contributed by atoms with E-state index in [0.717, 1.165) is 11.1 Å². The third-order valence-corrected chi connectivity index (χ3v) is 5.68. The van der Waals surface area contributed by atoms with Crippen LogP contribution in [0.5, 0.6) is 0 Å². The third-order valence-electron chi connectivity index (χ3n) is 5.68. The van der Waals surface area contributed by atoms with E-state index in [4.69, 9.17) is 9.47 Å². The molecule has 3 amide bonds. The molecule has 0 radical (unpaired) electrons. The number of amides is 3. The Morgan fingerprint density at radius 1 is 1.00 bits per heavy atom. The smallest absolute Gasteiger partial charge is 0.408 e. The van der Waals surface area contributed by atoms with Crippen LogP contribution in [-0.4, -0.2) is 67.3 Å². The Kier molecular flexibility index (Phi) is 7.01. The SMILES string of the molecule is O=C1N[C@@H](Cc2ccccc2)[C@@H](C(=O)NC(Cc2ccccc2)C(=O)N2CCOCC2)O1. The van der Waals surface area contributed by atoms with Crippen LogP contribution in [0.4, 0.5) is 4.79 Å². The van der Waals surface area contributed by atoms with E-state index >= 15 is 0 Å². The molecule has 2 aromatic carbocycles. The molecule has 168 valence electrons. The fourth-order valence-corrected chi connectivity index (χ4v) is 4.03. The van der Waals surface area contributed by atoms with Crippen LogP contribution in [0.2, 0.25) is 0 Å². The first-order valence-corrected chi connectivity index (χ1v) is 10.8. The van der Waals surface area contributed by atoms with Crippen LogP contribution in [0.25, 0.3) is 0 Å². The molecule has 4 rings (SSSR count). The Bertz CT molecular complexity index is 931. The number of ether oxygens (including phenoxy) is 2. The topological polar surface area (TPSA) is 97.0 Å². The number of nitrogens with zero attached hydrogens (tertiary/aromatic N) is 1. The van der Waals surface area contributed by atoms with Crippen LogP contribution in [-0.2, 0) is 31.9 Å². The Morgan fingerprint density at radius 2 is 1.62 bits per heavy atom. The first kappa shape index (κ1) is 21.8. The zero-order valence-corrected chi connectivity index (χ0v) is 17.7. The van der Waals surface area contributed by atoms with E-state index in [1.165, 1.54) is 0 Å². The molecule has 8 nitrogen and oxygen atoms in total. The summed E-state index contributed by atoms with van der Waals surface area (Å²) in [5, 5.41) is 5.57. The fourth-order valence-electron chi connectivity index (χ4n) is 4.03. The molecule has 8 heteroatoms. The number of hydrogen-bond donors (Lipinski definition) is 2. The number of carbonyl (C=O) groups is 3. The van der Waals surface area contributed by atoms with Gasteiger partial charge in [-0.1, -0.05) is 60.7 Å². The molecule has 3 atom stereocenters. The number of nitrogens with one attached hydrogen (secondary N) is 2. The summed E-state index contributed by atoms with van der Waals surface area (Å²) in [6.45, 7) is 1.91. The van der Waals surface area contributed by atoms with Crippen LogP contribution in [0, 0.1) is 0 Å². The highest BCUT2D eigenvalue weighted by atomic mass is 16.6. The standard InChI is InChI=1S/C24H27N3O5/c28-22(21-19(26-24(30)32-21)15-17-7-3-1-4-8-17)25-20(16-18-9-5-2-6-10-18)23(29)27-11-13-31-14-12-27/h1-10,19-21H,11-16H2,(H,25,28)(H,26,30)/t19-,20?,21-/m0/s1. The van der Waals surface area contributed by atoms with Gasteiger partial charge in [0.1, 0.15) is 6.04 Å². The highest BCUT2D eigenvalue weighted by molar-refractivity contribution is 5.92. The van der Waals surface area contributed by atoms with Crippen molar-refractivity contribution in [1.29, 1.82) is 0 Å². The van der Waals surface area contributed by atoms with Crippen molar-refractivity contribution < 1.29 is 23.9 Å². The highest BCUT2D eigenvalue weighted by Gasteiger charge is 2.41. The lowest BCUT2D eigenvalue weighted by Gasteiger charge is -2.31. The Balaban J connectivity index is 1.48. The Morgan fingerprint density at radius 3 is 2.28 bits per heavy atom. The summed E-state index contributed by atoms with van der Waals surface area (Å²) in [6, 6.07) is 17.8. The normalized spacial score (nSPS) is 21.4. The Labute approximate surface area is 186 Å². The predicted molar refractivity (Wildman–Crippen MR) is 117 cm³/mol. The molecule has 32 heavy (non-hydrogen) atoms. The molecule has 2 fully saturated rings. The average molecular weight is 437 g/mol. The van der Waals surface area contributed by atoms with Crippen LogP contribution in [0.3, 0.4) is 0 Å². The van der Waals surface area contributed by atoms with Gasteiger partial charge in [-0.2, -0.15) is 0 Å². The lowest BCUT2D eigenvalue weighted by Crippen LogP contribution is -2.55. The number of hydrogen-bond acceptors (Lipinski definition) is 5. The summed E-state index contributed by atoms with van der Waals surface area (Å²) in [6.07, 6.45) is -0.852. The second kappa shape index (κ2) is 10.3. The predicted octanol–water partition coefficient (Wildman–Crippen LogP) is 1.29. The van der Waals surface area contributed by atoms with E-state index in [2.05, 4.69) is 10.6 Å². The maximum Gasteiger partial charge on any atom is 0.408 e. The van der Waals surface area contributed by atoms with Crippen molar-refractivity contribution in [3.8, 4) is 0 Å². The summed E-state index contributed by atoms with van der Waals surface area (Å²) in [5.74, 6) is -0.644. The van der Waals surface area contributed by atoms with E-state index < -0.39 is 30.2 Å². The van der Waals surface area contributed by atoms with Gasteiger partial charge in [-0.05, 0) is 17.5 Å².